The molecule has 0 bridgehead atoms. The molecule has 1 N–H and O–H groups in total. The van der Waals surface area contributed by atoms with Crippen LogP contribution >= 0.6 is 0 Å². The van der Waals surface area contributed by atoms with Gasteiger partial charge in [0.1, 0.15) is 0 Å². The highest BCUT2D eigenvalue weighted by Crippen LogP contribution is 2.17. The summed E-state index contributed by atoms with van der Waals surface area (Å²) in [6, 6.07) is 0.0671. The van der Waals surface area contributed by atoms with Crippen molar-refractivity contribution >= 4 is 6.41 Å². The molecule has 1 fully saturated rings. The molecule has 10 heavy (non-hydrogen) atoms. The number of amides is 1. The van der Waals surface area contributed by atoms with Crippen LogP contribution in [0.2, 0.25) is 0 Å². The number of nitrogens with zero attached hydrogens (tertiary/aromatic N) is 1. The zero-order chi connectivity index (χ0) is 7.56. The van der Waals surface area contributed by atoms with Crippen LogP contribution in [0.5, 0.6) is 0 Å². The summed E-state index contributed by atoms with van der Waals surface area (Å²) < 4.78 is 0. The van der Waals surface area contributed by atoms with Crippen molar-refractivity contribution in [2.24, 2.45) is 0 Å². The first kappa shape index (κ1) is 7.54. The number of likely N-dealkylation sites (tertiary alicyclic amines) is 1. The van der Waals surface area contributed by atoms with E-state index in [2.05, 4.69) is 0 Å². The van der Waals surface area contributed by atoms with Crippen molar-refractivity contribution in [1.82, 2.24) is 4.90 Å². The van der Waals surface area contributed by atoms with E-state index in [1.807, 2.05) is 0 Å². The normalized spacial score (nSPS) is 28.6. The lowest BCUT2D eigenvalue weighted by Crippen LogP contribution is -2.36. The third-order valence-corrected chi connectivity index (χ3v) is 2.03. The summed E-state index contributed by atoms with van der Waals surface area (Å²) in [7, 11) is 0. The van der Waals surface area contributed by atoms with E-state index >= 15 is 0 Å². The Labute approximate surface area is 60.6 Å². The maximum atomic E-state index is 10.3. The second kappa shape index (κ2) is 3.01. The van der Waals surface area contributed by atoms with E-state index in [4.69, 9.17) is 5.11 Å². The summed E-state index contributed by atoms with van der Waals surface area (Å²) >= 11 is 0. The summed E-state index contributed by atoms with van der Waals surface area (Å²) in [5.74, 6) is 0. The average Bonchev–Trinajstić information content (AvgIpc) is 2.33. The molecule has 0 saturated carbocycles. The molecule has 58 valence electrons. The van der Waals surface area contributed by atoms with Crippen molar-refractivity contribution in [3.05, 3.63) is 0 Å². The molecule has 0 spiro atoms. The van der Waals surface area contributed by atoms with Crippen LogP contribution in [-0.4, -0.2) is 35.1 Å². The van der Waals surface area contributed by atoms with Gasteiger partial charge >= 0.3 is 0 Å². The molecular weight excluding hydrogens is 130 g/mol. The van der Waals surface area contributed by atoms with Gasteiger partial charge in [-0.2, -0.15) is 0 Å². The van der Waals surface area contributed by atoms with Crippen LogP contribution in [0.3, 0.4) is 0 Å². The number of rotatable bonds is 2. The predicted octanol–water partition coefficient (Wildman–Crippen LogP) is -0.0120. The molecular formula is C7H13NO2. The van der Waals surface area contributed by atoms with Gasteiger partial charge in [0.15, 0.2) is 0 Å². The van der Waals surface area contributed by atoms with Crippen molar-refractivity contribution in [2.45, 2.75) is 31.9 Å². The first-order valence-corrected chi connectivity index (χ1v) is 3.65. The van der Waals surface area contributed by atoms with Gasteiger partial charge in [-0.3, -0.25) is 4.79 Å². The molecule has 1 amide bonds. The summed E-state index contributed by atoms with van der Waals surface area (Å²) in [6.07, 6.45) is 2.41. The van der Waals surface area contributed by atoms with Crippen molar-refractivity contribution in [3.8, 4) is 0 Å². The SMILES string of the molecule is C[C@@H](O)[C@@H]1CCCN1C=O. The topological polar surface area (TPSA) is 40.5 Å². The van der Waals surface area contributed by atoms with Gasteiger partial charge in [0, 0.05) is 6.54 Å². The van der Waals surface area contributed by atoms with E-state index in [-0.39, 0.29) is 12.1 Å². The fraction of sp³-hybridized carbons (Fsp3) is 0.857. The maximum absolute atomic E-state index is 10.3. The van der Waals surface area contributed by atoms with Crippen LogP contribution < -0.4 is 0 Å². The van der Waals surface area contributed by atoms with E-state index in [0.29, 0.717) is 0 Å². The van der Waals surface area contributed by atoms with Crippen molar-refractivity contribution in [3.63, 3.8) is 0 Å². The molecule has 1 heterocycles. The van der Waals surface area contributed by atoms with E-state index in [1.165, 1.54) is 0 Å². The van der Waals surface area contributed by atoms with Gasteiger partial charge in [0.25, 0.3) is 0 Å². The molecule has 0 aromatic heterocycles. The fourth-order valence-electron chi connectivity index (χ4n) is 1.46. The van der Waals surface area contributed by atoms with E-state index < -0.39 is 0 Å². The summed E-state index contributed by atoms with van der Waals surface area (Å²) in [5, 5.41) is 9.15. The van der Waals surface area contributed by atoms with Crippen LogP contribution in [0, 0.1) is 0 Å². The Morgan fingerprint density at radius 1 is 1.80 bits per heavy atom. The number of aliphatic hydroxyl groups excluding tert-OH is 1. The minimum absolute atomic E-state index is 0.0671. The van der Waals surface area contributed by atoms with Crippen LogP contribution in [-0.2, 0) is 4.79 Å². The third kappa shape index (κ3) is 1.29. The highest BCUT2D eigenvalue weighted by molar-refractivity contribution is 5.48. The lowest BCUT2D eigenvalue weighted by molar-refractivity contribution is -0.120. The molecule has 0 aliphatic carbocycles. The average molecular weight is 143 g/mol. The minimum Gasteiger partial charge on any atom is -0.391 e. The van der Waals surface area contributed by atoms with Crippen LogP contribution in [0.1, 0.15) is 19.8 Å². The second-order valence-electron chi connectivity index (χ2n) is 2.79. The van der Waals surface area contributed by atoms with Gasteiger partial charge in [-0.05, 0) is 19.8 Å². The molecule has 1 saturated heterocycles. The molecule has 3 nitrogen and oxygen atoms in total. The Balaban J connectivity index is 2.49. The summed E-state index contributed by atoms with van der Waals surface area (Å²) in [6.45, 7) is 2.53. The largest absolute Gasteiger partial charge is 0.391 e. The summed E-state index contributed by atoms with van der Waals surface area (Å²) in [4.78, 5) is 12.0. The number of carbonyl (C=O) groups excluding carboxylic acids is 1. The first-order chi connectivity index (χ1) is 4.75. The van der Waals surface area contributed by atoms with Crippen LogP contribution in [0.4, 0.5) is 0 Å². The molecule has 1 aliphatic heterocycles. The van der Waals surface area contributed by atoms with E-state index in [9.17, 15) is 4.79 Å². The van der Waals surface area contributed by atoms with Gasteiger partial charge in [-0.1, -0.05) is 0 Å². The minimum atomic E-state index is -0.382. The maximum Gasteiger partial charge on any atom is 0.210 e. The fourth-order valence-corrected chi connectivity index (χ4v) is 1.46. The van der Waals surface area contributed by atoms with Crippen molar-refractivity contribution in [2.75, 3.05) is 6.54 Å². The standard InChI is InChI=1S/C7H13NO2/c1-6(10)7-3-2-4-8(7)5-9/h5-7,10H,2-4H2,1H3/t6-,7+/m1/s1. The quantitative estimate of drug-likeness (QED) is 0.552. The van der Waals surface area contributed by atoms with Crippen molar-refractivity contribution < 1.29 is 9.90 Å². The molecule has 0 radical (unpaired) electrons. The summed E-state index contributed by atoms with van der Waals surface area (Å²) in [5.41, 5.74) is 0. The Morgan fingerprint density at radius 2 is 2.50 bits per heavy atom. The molecule has 2 atom stereocenters. The van der Waals surface area contributed by atoms with Crippen LogP contribution in [0.25, 0.3) is 0 Å². The van der Waals surface area contributed by atoms with E-state index in [0.717, 1.165) is 25.8 Å². The highest BCUT2D eigenvalue weighted by Gasteiger charge is 2.26. The third-order valence-electron chi connectivity index (χ3n) is 2.03. The number of hydrogen-bond donors (Lipinski definition) is 1. The lowest BCUT2D eigenvalue weighted by atomic mass is 10.1. The zero-order valence-electron chi connectivity index (χ0n) is 6.16. The highest BCUT2D eigenvalue weighted by atomic mass is 16.3. The number of carbonyl (C=O) groups is 1. The number of hydrogen-bond acceptors (Lipinski definition) is 2. The number of aliphatic hydroxyl groups is 1. The molecule has 3 heteroatoms. The van der Waals surface area contributed by atoms with Crippen LogP contribution in [0.15, 0.2) is 0 Å². The van der Waals surface area contributed by atoms with Gasteiger partial charge in [0.05, 0.1) is 12.1 Å². The molecule has 1 rings (SSSR count). The molecule has 0 aromatic rings. The van der Waals surface area contributed by atoms with Gasteiger partial charge in [-0.15, -0.1) is 0 Å². The lowest BCUT2D eigenvalue weighted by Gasteiger charge is -2.21. The Kier molecular flexibility index (Phi) is 2.27. The van der Waals surface area contributed by atoms with Gasteiger partial charge in [0.2, 0.25) is 6.41 Å². The Morgan fingerprint density at radius 3 is 2.90 bits per heavy atom. The Bertz CT molecular complexity index is 125. The smallest absolute Gasteiger partial charge is 0.210 e. The molecule has 1 aliphatic rings. The zero-order valence-corrected chi connectivity index (χ0v) is 6.16. The molecule has 0 aromatic carbocycles. The second-order valence-corrected chi connectivity index (χ2v) is 2.79. The first-order valence-electron chi connectivity index (χ1n) is 3.65. The van der Waals surface area contributed by atoms with Crippen molar-refractivity contribution in [1.29, 1.82) is 0 Å². The molecule has 0 unspecified atom stereocenters. The van der Waals surface area contributed by atoms with Gasteiger partial charge < -0.3 is 10.0 Å². The Hall–Kier alpha value is -0.570. The van der Waals surface area contributed by atoms with Gasteiger partial charge in [-0.25, -0.2) is 0 Å². The predicted molar refractivity (Wildman–Crippen MR) is 37.5 cm³/mol. The monoisotopic (exact) mass is 143 g/mol. The van der Waals surface area contributed by atoms with E-state index in [1.54, 1.807) is 11.8 Å².